The SMILES string of the molecule is O=C1CC(Cc2ccccc2)NC(=O)[C@@H]2CCCN2C(=O)[C@@H]2CCCN2C(=O)CC(Cc2ccccc2)N1. The van der Waals surface area contributed by atoms with Crippen LogP contribution in [-0.2, 0) is 32.0 Å². The molecule has 3 aliphatic heterocycles. The third kappa shape index (κ3) is 6.06. The smallest absolute Gasteiger partial charge is 0.246 e. The van der Waals surface area contributed by atoms with E-state index < -0.39 is 24.2 Å². The van der Waals surface area contributed by atoms with Crippen LogP contribution in [0.5, 0.6) is 0 Å². The van der Waals surface area contributed by atoms with Gasteiger partial charge in [-0.2, -0.15) is 0 Å². The number of hydrogen-bond donors (Lipinski definition) is 2. The number of fused-ring (bicyclic) bond motifs is 2. The van der Waals surface area contributed by atoms with Gasteiger partial charge in [0.1, 0.15) is 12.1 Å². The Labute approximate surface area is 223 Å². The van der Waals surface area contributed by atoms with Gasteiger partial charge in [0.25, 0.3) is 0 Å². The number of carbonyl (C=O) groups is 4. The molecule has 38 heavy (non-hydrogen) atoms. The number of amides is 4. The summed E-state index contributed by atoms with van der Waals surface area (Å²) in [4.78, 5) is 57.3. The summed E-state index contributed by atoms with van der Waals surface area (Å²) in [7, 11) is 0. The molecule has 200 valence electrons. The molecule has 0 spiro atoms. The fourth-order valence-corrected chi connectivity index (χ4v) is 6.10. The van der Waals surface area contributed by atoms with Crippen LogP contribution in [0.3, 0.4) is 0 Å². The van der Waals surface area contributed by atoms with Crippen molar-refractivity contribution < 1.29 is 19.2 Å². The van der Waals surface area contributed by atoms with Crippen LogP contribution in [0.2, 0.25) is 0 Å². The summed E-state index contributed by atoms with van der Waals surface area (Å²) >= 11 is 0. The minimum absolute atomic E-state index is 0.0904. The molecular weight excluding hydrogens is 480 g/mol. The third-order valence-corrected chi connectivity index (χ3v) is 7.91. The lowest BCUT2D eigenvalue weighted by Gasteiger charge is -2.33. The Morgan fingerprint density at radius 2 is 1.21 bits per heavy atom. The molecule has 4 atom stereocenters. The predicted molar refractivity (Wildman–Crippen MR) is 143 cm³/mol. The van der Waals surface area contributed by atoms with E-state index in [4.69, 9.17) is 0 Å². The van der Waals surface area contributed by atoms with Crippen molar-refractivity contribution in [2.45, 2.75) is 75.5 Å². The van der Waals surface area contributed by atoms with Gasteiger partial charge in [-0.3, -0.25) is 19.2 Å². The van der Waals surface area contributed by atoms with Gasteiger partial charge in [0.15, 0.2) is 0 Å². The Balaban J connectivity index is 1.43. The monoisotopic (exact) mass is 516 g/mol. The van der Waals surface area contributed by atoms with E-state index in [2.05, 4.69) is 10.6 Å². The summed E-state index contributed by atoms with van der Waals surface area (Å²) in [6.07, 6.45) is 3.91. The van der Waals surface area contributed by atoms with Gasteiger partial charge in [-0.25, -0.2) is 0 Å². The van der Waals surface area contributed by atoms with E-state index in [-0.39, 0.29) is 36.5 Å². The Morgan fingerprint density at radius 1 is 0.658 bits per heavy atom. The van der Waals surface area contributed by atoms with Gasteiger partial charge in [0, 0.05) is 38.0 Å². The first kappa shape index (κ1) is 25.9. The van der Waals surface area contributed by atoms with Crippen molar-refractivity contribution in [2.75, 3.05) is 13.1 Å². The van der Waals surface area contributed by atoms with Crippen molar-refractivity contribution in [3.8, 4) is 0 Å². The van der Waals surface area contributed by atoms with Crippen LogP contribution >= 0.6 is 0 Å². The van der Waals surface area contributed by atoms with Crippen molar-refractivity contribution in [2.24, 2.45) is 0 Å². The van der Waals surface area contributed by atoms with Crippen LogP contribution in [0.1, 0.15) is 49.7 Å². The summed E-state index contributed by atoms with van der Waals surface area (Å²) in [6.45, 7) is 1.03. The Morgan fingerprint density at radius 3 is 1.84 bits per heavy atom. The van der Waals surface area contributed by atoms with Crippen molar-refractivity contribution >= 4 is 23.6 Å². The van der Waals surface area contributed by atoms with Gasteiger partial charge >= 0.3 is 0 Å². The van der Waals surface area contributed by atoms with Crippen molar-refractivity contribution in [3.05, 3.63) is 71.8 Å². The normalized spacial score (nSPS) is 26.8. The summed E-state index contributed by atoms with van der Waals surface area (Å²) in [5, 5.41) is 6.19. The summed E-state index contributed by atoms with van der Waals surface area (Å²) in [5.74, 6) is -0.679. The van der Waals surface area contributed by atoms with Crippen molar-refractivity contribution in [1.82, 2.24) is 20.4 Å². The maximum Gasteiger partial charge on any atom is 0.246 e. The molecular formula is C30H36N4O4. The Hall–Kier alpha value is -3.68. The highest BCUT2D eigenvalue weighted by Gasteiger charge is 2.43. The Bertz CT molecular complexity index is 1070. The van der Waals surface area contributed by atoms with Crippen LogP contribution in [0.25, 0.3) is 0 Å². The number of nitrogens with zero attached hydrogens (tertiary/aromatic N) is 2. The number of nitrogens with one attached hydrogen (secondary N) is 2. The second-order valence-corrected chi connectivity index (χ2v) is 10.7. The highest BCUT2D eigenvalue weighted by molar-refractivity contribution is 5.93. The highest BCUT2D eigenvalue weighted by Crippen LogP contribution is 2.26. The first-order valence-corrected chi connectivity index (χ1v) is 13.8. The lowest BCUT2D eigenvalue weighted by Crippen LogP contribution is -2.55. The Kier molecular flexibility index (Phi) is 8.05. The van der Waals surface area contributed by atoms with Crippen LogP contribution in [0.4, 0.5) is 0 Å². The van der Waals surface area contributed by atoms with E-state index in [0.717, 1.165) is 24.0 Å². The van der Waals surface area contributed by atoms with Crippen molar-refractivity contribution in [1.29, 1.82) is 0 Å². The highest BCUT2D eigenvalue weighted by atomic mass is 16.2. The molecule has 3 aliphatic rings. The average Bonchev–Trinajstić information content (AvgIpc) is 3.59. The van der Waals surface area contributed by atoms with Crippen LogP contribution < -0.4 is 10.6 Å². The molecule has 0 radical (unpaired) electrons. The zero-order chi connectivity index (χ0) is 26.5. The minimum atomic E-state index is -0.574. The molecule has 0 bridgehead atoms. The van der Waals surface area contributed by atoms with Crippen LogP contribution in [0.15, 0.2) is 60.7 Å². The van der Waals surface area contributed by atoms with E-state index in [1.165, 1.54) is 0 Å². The van der Waals surface area contributed by atoms with Crippen LogP contribution in [0, 0.1) is 0 Å². The zero-order valence-electron chi connectivity index (χ0n) is 21.7. The number of rotatable bonds is 4. The van der Waals surface area contributed by atoms with Gasteiger partial charge in [-0.15, -0.1) is 0 Å². The fourth-order valence-electron chi connectivity index (χ4n) is 6.10. The molecule has 2 N–H and O–H groups in total. The minimum Gasteiger partial charge on any atom is -0.352 e. The molecule has 3 saturated heterocycles. The molecule has 5 rings (SSSR count). The molecule has 3 heterocycles. The maximum atomic E-state index is 13.6. The van der Waals surface area contributed by atoms with Gasteiger partial charge in [-0.05, 0) is 49.7 Å². The summed E-state index contributed by atoms with van der Waals surface area (Å²) in [5.41, 5.74) is 2.04. The molecule has 0 saturated carbocycles. The van der Waals surface area contributed by atoms with E-state index in [9.17, 15) is 19.2 Å². The molecule has 2 unspecified atom stereocenters. The van der Waals surface area contributed by atoms with Crippen molar-refractivity contribution in [3.63, 3.8) is 0 Å². The molecule has 0 aliphatic carbocycles. The zero-order valence-corrected chi connectivity index (χ0v) is 21.7. The molecule has 3 fully saturated rings. The predicted octanol–water partition coefficient (Wildman–Crippen LogP) is 2.22. The van der Waals surface area contributed by atoms with Crippen LogP contribution in [-0.4, -0.2) is 70.7 Å². The third-order valence-electron chi connectivity index (χ3n) is 7.91. The molecule has 4 amide bonds. The summed E-state index contributed by atoms with van der Waals surface area (Å²) < 4.78 is 0. The lowest BCUT2D eigenvalue weighted by molar-refractivity contribution is -0.147. The lowest BCUT2D eigenvalue weighted by atomic mass is 9.99. The largest absolute Gasteiger partial charge is 0.352 e. The topological polar surface area (TPSA) is 98.8 Å². The van der Waals surface area contributed by atoms with E-state index in [0.29, 0.717) is 38.8 Å². The molecule has 2 aromatic rings. The van der Waals surface area contributed by atoms with E-state index >= 15 is 0 Å². The maximum absolute atomic E-state index is 13.6. The van der Waals surface area contributed by atoms with E-state index in [1.807, 2.05) is 60.7 Å². The average molecular weight is 517 g/mol. The number of benzene rings is 2. The molecule has 8 heteroatoms. The second-order valence-electron chi connectivity index (χ2n) is 10.7. The fraction of sp³-hybridized carbons (Fsp3) is 0.467. The molecule has 2 aromatic carbocycles. The standard InChI is InChI=1S/C30H36N4O4/c35-27-19-23(17-21-9-3-1-4-10-21)32-29(37)25-13-7-16-34(25)30(38)26-14-8-15-33(26)28(36)20-24(31-27)18-22-11-5-2-6-12-22/h1-6,9-12,23-26H,7-8,13-20H2,(H,31,35)(H,32,37)/t23?,24?,25-,26-/m0/s1. The molecule has 0 aromatic heterocycles. The summed E-state index contributed by atoms with van der Waals surface area (Å²) in [6, 6.07) is 17.6. The first-order chi connectivity index (χ1) is 18.5. The quantitative estimate of drug-likeness (QED) is 0.651. The number of hydrogen-bond acceptors (Lipinski definition) is 4. The van der Waals surface area contributed by atoms with E-state index in [1.54, 1.807) is 9.80 Å². The van der Waals surface area contributed by atoms with Gasteiger partial charge in [0.05, 0.1) is 0 Å². The second kappa shape index (κ2) is 11.8. The first-order valence-electron chi connectivity index (χ1n) is 13.8. The van der Waals surface area contributed by atoms with Gasteiger partial charge in [0.2, 0.25) is 23.6 Å². The number of carbonyl (C=O) groups excluding carboxylic acids is 4. The molecule has 8 nitrogen and oxygen atoms in total. The van der Waals surface area contributed by atoms with Gasteiger partial charge in [-0.1, -0.05) is 60.7 Å². The van der Waals surface area contributed by atoms with Gasteiger partial charge < -0.3 is 20.4 Å².